The van der Waals surface area contributed by atoms with Gasteiger partial charge < -0.3 is 28.8 Å². The Bertz CT molecular complexity index is 1970. The van der Waals surface area contributed by atoms with Gasteiger partial charge in [-0.1, -0.05) is 48.5 Å². The summed E-state index contributed by atoms with van der Waals surface area (Å²) in [6, 6.07) is 21.4. The molecule has 4 aromatic carbocycles. The number of esters is 2. The van der Waals surface area contributed by atoms with Crippen molar-refractivity contribution in [1.29, 1.82) is 0 Å². The first kappa shape index (κ1) is 33.2. The average Bonchev–Trinajstić information content (AvgIpc) is 3.60. The van der Waals surface area contributed by atoms with Gasteiger partial charge in [-0.15, -0.1) is 0 Å². The van der Waals surface area contributed by atoms with Crippen molar-refractivity contribution in [1.82, 2.24) is 0 Å². The van der Waals surface area contributed by atoms with Crippen LogP contribution < -0.4 is 21.0 Å². The topological polar surface area (TPSA) is 86.3 Å². The summed E-state index contributed by atoms with van der Waals surface area (Å²) in [5, 5.41) is 6.26. The maximum Gasteiger partial charge on any atom is 0.494 e. The minimum absolute atomic E-state index is 0.224. The Kier molecular flexibility index (Phi) is 7.91. The molecule has 0 unspecified atom stereocenters. The van der Waals surface area contributed by atoms with Crippen LogP contribution >= 0.6 is 0 Å². The van der Waals surface area contributed by atoms with Crippen molar-refractivity contribution in [2.24, 2.45) is 5.41 Å². The van der Waals surface area contributed by atoms with Crippen molar-refractivity contribution in [3.8, 4) is 0 Å². The van der Waals surface area contributed by atoms with E-state index in [0.717, 1.165) is 55.7 Å². The molecule has 252 valence electrons. The first-order chi connectivity index (χ1) is 23.2. The predicted octanol–water partition coefficient (Wildman–Crippen LogP) is 5.32. The zero-order valence-corrected chi connectivity index (χ0v) is 29.9. The van der Waals surface area contributed by atoms with E-state index in [-0.39, 0.29) is 19.8 Å². The van der Waals surface area contributed by atoms with Gasteiger partial charge in [0.25, 0.3) is 0 Å². The van der Waals surface area contributed by atoms with E-state index in [0.29, 0.717) is 6.54 Å². The van der Waals surface area contributed by atoms with Crippen LogP contribution in [0.25, 0.3) is 10.8 Å². The van der Waals surface area contributed by atoms with Crippen molar-refractivity contribution >= 4 is 59.1 Å². The van der Waals surface area contributed by atoms with Gasteiger partial charge in [0.1, 0.15) is 0 Å². The third-order valence-electron chi connectivity index (χ3n) is 11.7. The number of methoxy groups -OCH3 is 2. The molecule has 0 atom stereocenters. The Balaban J connectivity index is 1.31. The predicted molar refractivity (Wildman–Crippen MR) is 196 cm³/mol. The Morgan fingerprint density at radius 2 is 1.37 bits per heavy atom. The Morgan fingerprint density at radius 3 is 1.96 bits per heavy atom. The SMILES string of the molecule is COC(=O)C1(C(=O)OC)Cc2c(C)c(C)c(B3Nc4cccc5cccc(c45)N3Cc3ccc(B4OC(C)(C)C(C)(C)O4)cc3)c(C)c2C1. The van der Waals surface area contributed by atoms with Crippen molar-refractivity contribution in [2.75, 3.05) is 24.3 Å². The van der Waals surface area contributed by atoms with Crippen LogP contribution in [-0.2, 0) is 47.8 Å². The van der Waals surface area contributed by atoms with E-state index < -0.39 is 35.7 Å². The quantitative estimate of drug-likeness (QED) is 0.169. The second kappa shape index (κ2) is 11.7. The van der Waals surface area contributed by atoms with Crippen LogP contribution in [0.3, 0.4) is 0 Å². The van der Waals surface area contributed by atoms with Gasteiger partial charge >= 0.3 is 26.0 Å². The number of rotatable bonds is 6. The third kappa shape index (κ3) is 5.06. The van der Waals surface area contributed by atoms with E-state index in [1.54, 1.807) is 0 Å². The summed E-state index contributed by atoms with van der Waals surface area (Å²) in [6.45, 7) is 15.0. The number of ether oxygens (including phenoxy) is 2. The maximum atomic E-state index is 13.2. The summed E-state index contributed by atoms with van der Waals surface area (Å²) in [7, 11) is 2.23. The zero-order valence-electron chi connectivity index (χ0n) is 29.9. The first-order valence-electron chi connectivity index (χ1n) is 17.0. The van der Waals surface area contributed by atoms with Gasteiger partial charge in [-0.3, -0.25) is 9.59 Å². The molecular formula is C39H44B2N2O6. The fraction of sp³-hybridized carbons (Fsp3) is 0.385. The average molecular weight is 658 g/mol. The van der Waals surface area contributed by atoms with Gasteiger partial charge in [0.15, 0.2) is 5.41 Å². The highest BCUT2D eigenvalue weighted by Gasteiger charge is 2.54. The van der Waals surface area contributed by atoms with Crippen LogP contribution in [0.1, 0.15) is 61.1 Å². The summed E-state index contributed by atoms with van der Waals surface area (Å²) in [4.78, 5) is 28.9. The molecule has 1 saturated heterocycles. The molecule has 0 bridgehead atoms. The molecule has 49 heavy (non-hydrogen) atoms. The number of hydrogen-bond acceptors (Lipinski definition) is 8. The van der Waals surface area contributed by atoms with Gasteiger partial charge in [0, 0.05) is 36.1 Å². The summed E-state index contributed by atoms with van der Waals surface area (Å²) >= 11 is 0. The van der Waals surface area contributed by atoms with E-state index in [2.05, 4.69) is 119 Å². The monoisotopic (exact) mass is 658 g/mol. The number of carbonyl (C=O) groups is 2. The van der Waals surface area contributed by atoms with Crippen LogP contribution in [0.4, 0.5) is 11.4 Å². The van der Waals surface area contributed by atoms with Crippen LogP contribution in [0.15, 0.2) is 60.7 Å². The minimum atomic E-state index is -1.40. The maximum absolute atomic E-state index is 13.2. The Morgan fingerprint density at radius 1 is 0.796 bits per heavy atom. The van der Waals surface area contributed by atoms with Gasteiger partial charge in [0.05, 0.1) is 25.4 Å². The molecule has 4 aromatic rings. The smallest absolute Gasteiger partial charge is 0.468 e. The number of fused-ring (bicyclic) bond motifs is 1. The second-order valence-electron chi connectivity index (χ2n) is 14.9. The molecule has 2 heterocycles. The van der Waals surface area contributed by atoms with E-state index in [1.807, 2.05) is 0 Å². The molecule has 0 spiro atoms. The molecular weight excluding hydrogens is 614 g/mol. The van der Waals surface area contributed by atoms with Crippen LogP contribution in [-0.4, -0.2) is 51.5 Å². The lowest BCUT2D eigenvalue weighted by Gasteiger charge is -2.39. The van der Waals surface area contributed by atoms with E-state index in [9.17, 15) is 9.59 Å². The summed E-state index contributed by atoms with van der Waals surface area (Å²) < 4.78 is 23.0. The highest BCUT2D eigenvalue weighted by atomic mass is 16.7. The molecule has 3 aliphatic rings. The molecule has 1 fully saturated rings. The standard InChI is InChI=1S/C39H44B2N2O6/c1-23-24(2)34(25(3)30-21-39(20-29(23)30,35(44)46-8)36(45)47-9)40-42-31-14-10-12-27-13-11-15-32(33(27)31)43(40)22-26-16-18-28(19-17-26)41-48-37(4,5)38(6,7)49-41/h10-19,42H,20-22H2,1-9H3. The van der Waals surface area contributed by atoms with E-state index in [4.69, 9.17) is 18.8 Å². The molecule has 0 saturated carbocycles. The molecule has 1 N–H and O–H groups in total. The molecule has 10 heteroatoms. The highest BCUT2D eigenvalue weighted by Crippen LogP contribution is 2.44. The van der Waals surface area contributed by atoms with Gasteiger partial charge in [-0.05, 0) is 110 Å². The van der Waals surface area contributed by atoms with E-state index >= 15 is 0 Å². The molecule has 8 nitrogen and oxygen atoms in total. The number of nitrogens with zero attached hydrogens (tertiary/aromatic N) is 1. The Labute approximate surface area is 289 Å². The number of carbonyl (C=O) groups excluding carboxylic acids is 2. The summed E-state index contributed by atoms with van der Waals surface area (Å²) in [6.07, 6.45) is 0.496. The van der Waals surface area contributed by atoms with Gasteiger partial charge in [-0.2, -0.15) is 0 Å². The molecule has 0 aromatic heterocycles. The van der Waals surface area contributed by atoms with Gasteiger partial charge in [-0.25, -0.2) is 0 Å². The fourth-order valence-electron chi connectivity index (χ4n) is 8.05. The van der Waals surface area contributed by atoms with Crippen molar-refractivity contribution < 1.29 is 28.4 Å². The third-order valence-corrected chi connectivity index (χ3v) is 11.7. The normalized spacial score (nSPS) is 18.3. The van der Waals surface area contributed by atoms with Crippen LogP contribution in [0.2, 0.25) is 0 Å². The number of hydrogen-bond donors (Lipinski definition) is 1. The molecule has 2 aliphatic heterocycles. The highest BCUT2D eigenvalue weighted by molar-refractivity contribution is 6.81. The summed E-state index contributed by atoms with van der Waals surface area (Å²) in [5.74, 6) is -1.12. The lowest BCUT2D eigenvalue weighted by molar-refractivity contribution is -0.168. The number of benzene rings is 4. The van der Waals surface area contributed by atoms with Crippen LogP contribution in [0, 0.1) is 26.2 Å². The van der Waals surface area contributed by atoms with Crippen molar-refractivity contribution in [3.63, 3.8) is 0 Å². The van der Waals surface area contributed by atoms with Crippen LogP contribution in [0.5, 0.6) is 0 Å². The lowest BCUT2D eigenvalue weighted by atomic mass is 9.59. The first-order valence-corrected chi connectivity index (χ1v) is 17.0. The molecule has 0 radical (unpaired) electrons. The fourth-order valence-corrected chi connectivity index (χ4v) is 8.05. The molecule has 1 aliphatic carbocycles. The second-order valence-corrected chi connectivity index (χ2v) is 14.9. The zero-order chi connectivity index (χ0) is 35.0. The lowest BCUT2D eigenvalue weighted by Crippen LogP contribution is -2.57. The number of nitrogens with one attached hydrogen (secondary N) is 1. The molecule has 0 amide bonds. The molecule has 7 rings (SSSR count). The largest absolute Gasteiger partial charge is 0.494 e. The summed E-state index contributed by atoms with van der Waals surface area (Å²) in [5.41, 5.74) is 8.58. The van der Waals surface area contributed by atoms with E-state index in [1.165, 1.54) is 25.0 Å². The Hall–Kier alpha value is -4.27. The minimum Gasteiger partial charge on any atom is -0.468 e. The number of anilines is 2. The van der Waals surface area contributed by atoms with Crippen molar-refractivity contribution in [2.45, 2.75) is 79.1 Å². The van der Waals surface area contributed by atoms with Crippen molar-refractivity contribution in [3.05, 3.63) is 94.0 Å². The van der Waals surface area contributed by atoms with Gasteiger partial charge in [0.2, 0.25) is 0 Å².